The quantitative estimate of drug-likeness (QED) is 0.776. The predicted molar refractivity (Wildman–Crippen MR) is 108 cm³/mol. The Bertz CT molecular complexity index is 968. The number of rotatable bonds is 6. The Kier molecular flexibility index (Phi) is 5.76. The Labute approximate surface area is 166 Å². The normalized spacial score (nSPS) is 18.0. The Balaban J connectivity index is 1.90. The van der Waals surface area contributed by atoms with E-state index in [1.54, 1.807) is 12.1 Å². The lowest BCUT2D eigenvalue weighted by molar-refractivity contribution is 0.0227. The molecule has 2 N–H and O–H groups in total. The van der Waals surface area contributed by atoms with Crippen LogP contribution in [0.2, 0.25) is 0 Å². The van der Waals surface area contributed by atoms with Crippen molar-refractivity contribution in [2.45, 2.75) is 49.6 Å². The van der Waals surface area contributed by atoms with Crippen LogP contribution in [0.15, 0.2) is 53.4 Å². The lowest BCUT2D eigenvalue weighted by Gasteiger charge is -2.41. The first-order valence-electron chi connectivity index (χ1n) is 9.46. The number of fused-ring (bicyclic) bond motifs is 1. The van der Waals surface area contributed by atoms with E-state index in [-0.39, 0.29) is 22.4 Å². The van der Waals surface area contributed by atoms with E-state index in [0.29, 0.717) is 12.0 Å². The lowest BCUT2D eigenvalue weighted by Crippen LogP contribution is -2.44. The number of amides is 1. The number of carbonyl (C=O) groups excluding carboxylic acids is 1. The van der Waals surface area contributed by atoms with Crippen LogP contribution < -0.4 is 14.8 Å². The molecule has 1 atom stereocenters. The fourth-order valence-corrected chi connectivity index (χ4v) is 4.37. The average Bonchev–Trinajstić information content (AvgIpc) is 2.73. The van der Waals surface area contributed by atoms with Gasteiger partial charge in [-0.25, -0.2) is 13.1 Å². The van der Waals surface area contributed by atoms with Gasteiger partial charge in [0.1, 0.15) is 11.4 Å². The summed E-state index contributed by atoms with van der Waals surface area (Å²) in [5, 5.41) is 3.08. The van der Waals surface area contributed by atoms with Crippen molar-refractivity contribution in [3.8, 4) is 5.75 Å². The number of nitrogens with one attached hydrogen (secondary N) is 2. The molecule has 150 valence electrons. The van der Waals surface area contributed by atoms with Crippen molar-refractivity contribution in [3.05, 3.63) is 59.7 Å². The van der Waals surface area contributed by atoms with Crippen molar-refractivity contribution in [2.24, 2.45) is 0 Å². The molecule has 2 aromatic carbocycles. The summed E-state index contributed by atoms with van der Waals surface area (Å²) in [6.07, 6.45) is 2.33. The van der Waals surface area contributed by atoms with Gasteiger partial charge in [-0.1, -0.05) is 38.1 Å². The average molecular weight is 403 g/mol. The van der Waals surface area contributed by atoms with Crippen molar-refractivity contribution >= 4 is 15.9 Å². The Hall–Kier alpha value is -2.38. The molecule has 0 radical (unpaired) electrons. The summed E-state index contributed by atoms with van der Waals surface area (Å²) >= 11 is 0. The van der Waals surface area contributed by atoms with Gasteiger partial charge in [-0.3, -0.25) is 4.79 Å². The van der Waals surface area contributed by atoms with Gasteiger partial charge in [0.2, 0.25) is 10.0 Å². The molecule has 0 saturated carbocycles. The molecule has 1 amide bonds. The van der Waals surface area contributed by atoms with E-state index in [2.05, 4.69) is 23.9 Å². The maximum Gasteiger partial charge on any atom is 0.251 e. The van der Waals surface area contributed by atoms with Crippen LogP contribution in [-0.4, -0.2) is 27.0 Å². The molecule has 1 heterocycles. The van der Waals surface area contributed by atoms with E-state index in [4.69, 9.17) is 4.74 Å². The second-order valence-electron chi connectivity index (χ2n) is 7.00. The van der Waals surface area contributed by atoms with Gasteiger partial charge in [0, 0.05) is 17.5 Å². The third-order valence-corrected chi connectivity index (χ3v) is 6.88. The van der Waals surface area contributed by atoms with E-state index >= 15 is 0 Å². The highest BCUT2D eigenvalue weighted by atomic mass is 32.2. The maximum atomic E-state index is 12.9. The van der Waals surface area contributed by atoms with Gasteiger partial charge in [-0.05, 0) is 44.2 Å². The van der Waals surface area contributed by atoms with E-state index in [1.165, 1.54) is 19.2 Å². The van der Waals surface area contributed by atoms with E-state index in [9.17, 15) is 13.2 Å². The summed E-state index contributed by atoms with van der Waals surface area (Å²) in [6.45, 7) is 4.17. The first-order valence-corrected chi connectivity index (χ1v) is 10.9. The second kappa shape index (κ2) is 7.93. The highest BCUT2D eigenvalue weighted by Gasteiger charge is 2.39. The fourth-order valence-electron chi connectivity index (χ4n) is 3.59. The topological polar surface area (TPSA) is 84.5 Å². The Morgan fingerprint density at radius 3 is 2.54 bits per heavy atom. The number of carbonyl (C=O) groups is 1. The van der Waals surface area contributed by atoms with Gasteiger partial charge < -0.3 is 10.1 Å². The lowest BCUT2D eigenvalue weighted by atomic mass is 9.83. The van der Waals surface area contributed by atoms with Crippen molar-refractivity contribution in [1.82, 2.24) is 10.0 Å². The minimum absolute atomic E-state index is 0.0616. The van der Waals surface area contributed by atoms with Gasteiger partial charge in [-0.15, -0.1) is 0 Å². The molecule has 0 aliphatic carbocycles. The fraction of sp³-hybridized carbons (Fsp3) is 0.381. The smallest absolute Gasteiger partial charge is 0.251 e. The number of benzene rings is 2. The van der Waals surface area contributed by atoms with Crippen LogP contribution in [0.4, 0.5) is 0 Å². The van der Waals surface area contributed by atoms with E-state index in [1.807, 2.05) is 24.3 Å². The van der Waals surface area contributed by atoms with Gasteiger partial charge in [0.25, 0.3) is 5.91 Å². The van der Waals surface area contributed by atoms with Crippen LogP contribution in [0, 0.1) is 0 Å². The van der Waals surface area contributed by atoms with Crippen LogP contribution in [-0.2, 0) is 10.0 Å². The first-order chi connectivity index (χ1) is 13.3. The molecule has 0 fully saturated rings. The van der Waals surface area contributed by atoms with Gasteiger partial charge in [0.15, 0.2) is 0 Å². The van der Waals surface area contributed by atoms with Crippen LogP contribution in [0.1, 0.15) is 55.1 Å². The molecule has 6 nitrogen and oxygen atoms in total. The largest absolute Gasteiger partial charge is 0.487 e. The zero-order valence-corrected chi connectivity index (χ0v) is 17.2. The maximum absolute atomic E-state index is 12.9. The molecule has 0 spiro atoms. The van der Waals surface area contributed by atoms with Crippen LogP contribution in [0.3, 0.4) is 0 Å². The number of ether oxygens (including phenoxy) is 1. The van der Waals surface area contributed by atoms with E-state index < -0.39 is 10.0 Å². The van der Waals surface area contributed by atoms with Crippen molar-refractivity contribution < 1.29 is 17.9 Å². The van der Waals surface area contributed by atoms with Crippen molar-refractivity contribution in [1.29, 1.82) is 0 Å². The molecule has 0 bridgehead atoms. The highest BCUT2D eigenvalue weighted by Crippen LogP contribution is 2.42. The summed E-state index contributed by atoms with van der Waals surface area (Å²) in [7, 11) is -2.27. The third-order valence-electron chi connectivity index (χ3n) is 5.47. The molecule has 2 aromatic rings. The minimum atomic E-state index is -3.61. The molecule has 0 unspecified atom stereocenters. The summed E-state index contributed by atoms with van der Waals surface area (Å²) in [4.78, 5) is 13.0. The number of para-hydroxylation sites is 1. The predicted octanol–water partition coefficient (Wildman–Crippen LogP) is 3.41. The summed E-state index contributed by atoms with van der Waals surface area (Å²) in [5.74, 6) is 0.477. The molecular formula is C21H26N2O4S. The molecule has 0 aromatic heterocycles. The summed E-state index contributed by atoms with van der Waals surface area (Å²) < 4.78 is 32.6. The first kappa shape index (κ1) is 20.4. The summed E-state index contributed by atoms with van der Waals surface area (Å²) in [5.41, 5.74) is 0.912. The molecule has 1 aliphatic heterocycles. The number of sulfonamides is 1. The molecule has 3 rings (SSSR count). The number of hydrogen-bond acceptors (Lipinski definition) is 4. The zero-order chi connectivity index (χ0) is 20.4. The van der Waals surface area contributed by atoms with Gasteiger partial charge >= 0.3 is 0 Å². The SMILES string of the molecule is CCC1(CC)C[C@H](NC(=O)c2cccc(S(=O)(=O)NC)c2)c2ccccc2O1. The number of hydrogen-bond donors (Lipinski definition) is 2. The Morgan fingerprint density at radius 2 is 1.86 bits per heavy atom. The minimum Gasteiger partial charge on any atom is -0.487 e. The summed E-state index contributed by atoms with van der Waals surface area (Å²) in [6, 6.07) is 13.6. The third kappa shape index (κ3) is 3.91. The molecule has 1 aliphatic rings. The van der Waals surface area contributed by atoms with Crippen LogP contribution in [0.25, 0.3) is 0 Å². The Morgan fingerprint density at radius 1 is 1.14 bits per heavy atom. The standard InChI is InChI=1S/C21H26N2O4S/c1-4-21(5-2)14-18(17-11-6-7-12-19(17)27-21)23-20(24)15-9-8-10-16(13-15)28(25,26)22-3/h6-13,18,22H,4-5,14H2,1-3H3,(H,23,24)/t18-/m0/s1. The van der Waals surface area contributed by atoms with Crippen LogP contribution >= 0.6 is 0 Å². The molecule has 28 heavy (non-hydrogen) atoms. The monoisotopic (exact) mass is 402 g/mol. The molecule has 7 heteroatoms. The van der Waals surface area contributed by atoms with E-state index in [0.717, 1.165) is 24.2 Å². The highest BCUT2D eigenvalue weighted by molar-refractivity contribution is 7.89. The zero-order valence-electron chi connectivity index (χ0n) is 16.4. The van der Waals surface area contributed by atoms with Crippen LogP contribution in [0.5, 0.6) is 5.75 Å². The second-order valence-corrected chi connectivity index (χ2v) is 8.88. The molecular weight excluding hydrogens is 376 g/mol. The van der Waals surface area contributed by atoms with Crippen molar-refractivity contribution in [3.63, 3.8) is 0 Å². The van der Waals surface area contributed by atoms with Gasteiger partial charge in [-0.2, -0.15) is 0 Å². The van der Waals surface area contributed by atoms with Gasteiger partial charge in [0.05, 0.1) is 10.9 Å². The molecule has 0 saturated heterocycles. The van der Waals surface area contributed by atoms with Crippen molar-refractivity contribution in [2.75, 3.05) is 7.05 Å².